The molecule has 0 aliphatic carbocycles. The first kappa shape index (κ1) is 17.2. The van der Waals surface area contributed by atoms with Crippen molar-refractivity contribution in [2.45, 2.75) is 6.18 Å². The molecule has 0 aliphatic rings. The Morgan fingerprint density at radius 3 is 2.29 bits per heavy atom. The molecule has 2 aromatic carbocycles. The average molecular weight is 337 g/mol. The van der Waals surface area contributed by atoms with Crippen molar-refractivity contribution in [3.8, 4) is 5.75 Å². The molecule has 0 N–H and O–H groups in total. The van der Waals surface area contributed by atoms with Gasteiger partial charge in [0.05, 0.1) is 10.5 Å². The van der Waals surface area contributed by atoms with Gasteiger partial charge in [-0.25, -0.2) is 4.79 Å². The first-order chi connectivity index (χ1) is 11.3. The average Bonchev–Trinajstić information content (AvgIpc) is 2.53. The number of rotatable bonds is 4. The summed E-state index contributed by atoms with van der Waals surface area (Å²) >= 11 is 0. The Morgan fingerprint density at radius 1 is 1.08 bits per heavy atom. The van der Waals surface area contributed by atoms with E-state index in [0.717, 1.165) is 18.2 Å². The zero-order chi connectivity index (χ0) is 17.7. The fourth-order valence-electron chi connectivity index (χ4n) is 1.80. The first-order valence-electron chi connectivity index (χ1n) is 6.58. The molecule has 0 fully saturated rings. The van der Waals surface area contributed by atoms with Crippen molar-refractivity contribution in [2.75, 3.05) is 0 Å². The number of halogens is 3. The van der Waals surface area contributed by atoms with E-state index in [4.69, 9.17) is 4.74 Å². The van der Waals surface area contributed by atoms with Crippen LogP contribution in [-0.2, 0) is 11.0 Å². The van der Waals surface area contributed by atoms with Crippen LogP contribution in [0.1, 0.15) is 11.1 Å². The van der Waals surface area contributed by atoms with Crippen molar-refractivity contribution in [2.24, 2.45) is 0 Å². The Balaban J connectivity index is 2.10. The number of nitrogens with zero attached hydrogens (tertiary/aromatic N) is 1. The highest BCUT2D eigenvalue weighted by Crippen LogP contribution is 2.35. The second-order valence-corrected chi connectivity index (χ2v) is 4.60. The fraction of sp³-hybridized carbons (Fsp3) is 0.0625. The molecule has 2 aromatic rings. The van der Waals surface area contributed by atoms with Crippen LogP contribution in [0.5, 0.6) is 5.75 Å². The molecule has 0 unspecified atom stereocenters. The van der Waals surface area contributed by atoms with Gasteiger partial charge in [0.2, 0.25) is 0 Å². The number of para-hydroxylation sites is 1. The molecule has 0 radical (unpaired) electrons. The summed E-state index contributed by atoms with van der Waals surface area (Å²) in [6.07, 6.45) is -2.42. The highest BCUT2D eigenvalue weighted by molar-refractivity contribution is 5.88. The summed E-state index contributed by atoms with van der Waals surface area (Å²) in [4.78, 5) is 21.6. The van der Waals surface area contributed by atoms with E-state index < -0.39 is 28.4 Å². The predicted octanol–water partition coefficient (Wildman–Crippen LogP) is 4.23. The number of hydrogen-bond donors (Lipinski definition) is 0. The van der Waals surface area contributed by atoms with E-state index in [-0.39, 0.29) is 5.69 Å². The van der Waals surface area contributed by atoms with Gasteiger partial charge in [0.15, 0.2) is 0 Å². The summed E-state index contributed by atoms with van der Waals surface area (Å²) in [5.41, 5.74) is -0.711. The number of non-ortho nitro benzene ring substituents is 1. The first-order valence-corrected chi connectivity index (χ1v) is 6.58. The van der Waals surface area contributed by atoms with Crippen LogP contribution in [-0.4, -0.2) is 10.9 Å². The van der Waals surface area contributed by atoms with E-state index in [0.29, 0.717) is 5.56 Å². The standard InChI is InChI=1S/C16H10F3NO4/c17-16(18,19)13-3-1-2-4-14(13)24-15(21)10-7-11-5-8-12(9-6-11)20(22)23/h1-10H/b10-7+. The number of ether oxygens (including phenoxy) is 1. The molecular weight excluding hydrogens is 327 g/mol. The second kappa shape index (κ2) is 6.95. The van der Waals surface area contributed by atoms with Crippen LogP contribution >= 0.6 is 0 Å². The molecule has 124 valence electrons. The predicted molar refractivity (Wildman–Crippen MR) is 79.2 cm³/mol. The van der Waals surface area contributed by atoms with Crippen LogP contribution in [0, 0.1) is 10.1 Å². The van der Waals surface area contributed by atoms with Gasteiger partial charge in [-0.2, -0.15) is 13.2 Å². The number of carbonyl (C=O) groups excluding carboxylic acids is 1. The third-order valence-electron chi connectivity index (χ3n) is 2.92. The van der Waals surface area contributed by atoms with Gasteiger partial charge < -0.3 is 4.74 Å². The molecule has 0 saturated carbocycles. The molecular formula is C16H10F3NO4. The molecule has 0 atom stereocenters. The van der Waals surface area contributed by atoms with Gasteiger partial charge in [-0.3, -0.25) is 10.1 Å². The van der Waals surface area contributed by atoms with Crippen LogP contribution in [0.4, 0.5) is 18.9 Å². The quantitative estimate of drug-likeness (QED) is 0.275. The van der Waals surface area contributed by atoms with Crippen molar-refractivity contribution in [3.63, 3.8) is 0 Å². The minimum Gasteiger partial charge on any atom is -0.423 e. The third-order valence-corrected chi connectivity index (χ3v) is 2.92. The van der Waals surface area contributed by atoms with Gasteiger partial charge in [-0.05, 0) is 35.9 Å². The van der Waals surface area contributed by atoms with E-state index in [9.17, 15) is 28.1 Å². The molecule has 8 heteroatoms. The Hall–Kier alpha value is -3.16. The number of benzene rings is 2. The number of alkyl halides is 3. The Labute approximate surface area is 134 Å². The maximum absolute atomic E-state index is 12.8. The van der Waals surface area contributed by atoms with E-state index in [2.05, 4.69) is 0 Å². The zero-order valence-electron chi connectivity index (χ0n) is 12.0. The minimum absolute atomic E-state index is 0.117. The van der Waals surface area contributed by atoms with E-state index in [1.807, 2.05) is 0 Å². The van der Waals surface area contributed by atoms with Crippen LogP contribution in [0.2, 0.25) is 0 Å². The number of carbonyl (C=O) groups is 1. The van der Waals surface area contributed by atoms with Gasteiger partial charge >= 0.3 is 12.1 Å². The smallest absolute Gasteiger partial charge is 0.419 e. The topological polar surface area (TPSA) is 69.4 Å². The molecule has 0 saturated heterocycles. The maximum atomic E-state index is 12.8. The summed E-state index contributed by atoms with van der Waals surface area (Å²) in [6, 6.07) is 9.62. The molecule has 2 rings (SSSR count). The lowest BCUT2D eigenvalue weighted by atomic mass is 10.2. The van der Waals surface area contributed by atoms with E-state index >= 15 is 0 Å². The lowest BCUT2D eigenvalue weighted by Gasteiger charge is -2.11. The summed E-state index contributed by atoms with van der Waals surface area (Å²) in [7, 11) is 0. The molecule has 0 aromatic heterocycles. The molecule has 0 heterocycles. The lowest BCUT2D eigenvalue weighted by Crippen LogP contribution is -2.11. The van der Waals surface area contributed by atoms with Crippen LogP contribution < -0.4 is 4.74 Å². The van der Waals surface area contributed by atoms with Crippen molar-refractivity contribution < 1.29 is 27.6 Å². The molecule has 24 heavy (non-hydrogen) atoms. The molecule has 5 nitrogen and oxygen atoms in total. The number of esters is 1. The highest BCUT2D eigenvalue weighted by Gasteiger charge is 2.34. The molecule has 0 aliphatic heterocycles. The third kappa shape index (κ3) is 4.42. The lowest BCUT2D eigenvalue weighted by molar-refractivity contribution is -0.384. The van der Waals surface area contributed by atoms with E-state index in [1.165, 1.54) is 42.5 Å². The number of nitro groups is 1. The summed E-state index contributed by atoms with van der Waals surface area (Å²) in [5.74, 6) is -1.59. The number of hydrogen-bond acceptors (Lipinski definition) is 4. The maximum Gasteiger partial charge on any atom is 0.419 e. The van der Waals surface area contributed by atoms with Crippen molar-refractivity contribution in [3.05, 3.63) is 75.8 Å². The zero-order valence-corrected chi connectivity index (χ0v) is 12.0. The van der Waals surface area contributed by atoms with Crippen LogP contribution in [0.15, 0.2) is 54.6 Å². The second-order valence-electron chi connectivity index (χ2n) is 4.60. The highest BCUT2D eigenvalue weighted by atomic mass is 19.4. The molecule has 0 spiro atoms. The normalized spacial score (nSPS) is 11.5. The number of nitro benzene ring substituents is 1. The summed E-state index contributed by atoms with van der Waals surface area (Å²) in [6.45, 7) is 0. The fourth-order valence-corrected chi connectivity index (χ4v) is 1.80. The van der Waals surface area contributed by atoms with Crippen LogP contribution in [0.25, 0.3) is 6.08 Å². The van der Waals surface area contributed by atoms with Crippen molar-refractivity contribution in [1.82, 2.24) is 0 Å². The minimum atomic E-state index is -4.64. The summed E-state index contributed by atoms with van der Waals surface area (Å²) < 4.78 is 43.1. The monoisotopic (exact) mass is 337 g/mol. The largest absolute Gasteiger partial charge is 0.423 e. The van der Waals surface area contributed by atoms with Gasteiger partial charge in [0, 0.05) is 18.2 Å². The van der Waals surface area contributed by atoms with E-state index in [1.54, 1.807) is 0 Å². The molecule has 0 bridgehead atoms. The van der Waals surface area contributed by atoms with Gasteiger partial charge in [0.1, 0.15) is 5.75 Å². The van der Waals surface area contributed by atoms with Crippen molar-refractivity contribution >= 4 is 17.7 Å². The Morgan fingerprint density at radius 2 is 1.71 bits per heavy atom. The van der Waals surface area contributed by atoms with Gasteiger partial charge in [-0.1, -0.05) is 12.1 Å². The Kier molecular flexibility index (Phi) is 4.98. The van der Waals surface area contributed by atoms with Crippen LogP contribution in [0.3, 0.4) is 0 Å². The van der Waals surface area contributed by atoms with Gasteiger partial charge in [0.25, 0.3) is 5.69 Å². The Bertz CT molecular complexity index is 783. The summed E-state index contributed by atoms with van der Waals surface area (Å²) in [5, 5.41) is 10.5. The van der Waals surface area contributed by atoms with Gasteiger partial charge in [-0.15, -0.1) is 0 Å². The van der Waals surface area contributed by atoms with Crippen molar-refractivity contribution in [1.29, 1.82) is 0 Å². The molecule has 0 amide bonds. The SMILES string of the molecule is O=C(/C=C/c1ccc([N+](=O)[O-])cc1)Oc1ccccc1C(F)(F)F.